The molecule has 10 heteroatoms. The molecule has 0 aliphatic carbocycles. The van der Waals surface area contributed by atoms with Crippen LogP contribution in [0.5, 0.6) is 0 Å². The summed E-state index contributed by atoms with van der Waals surface area (Å²) in [6, 6.07) is 3.51. The standard InChI is InChI=1S/C23H34FN7OSi/c1-33(2,3)9-8-32-16-29-7-5-19-22(26-15-27-23(19)29)17-10-28-31(12-17)18-13-30(14-18)21-4-6-25-11-20(21)24/h5,7,10,12,15,18,20-21,25H,4,6,8-9,11,13-14,16H2,1-3H3/t20-,21+/m0/s1. The first-order valence-corrected chi connectivity index (χ1v) is 15.6. The number of alkyl halides is 1. The average molecular weight is 472 g/mol. The van der Waals surface area contributed by atoms with E-state index < -0.39 is 14.2 Å². The fraction of sp³-hybridized carbons (Fsp3) is 0.609. The molecule has 2 aliphatic rings. The molecule has 2 saturated heterocycles. The molecular formula is C23H34FN7OSi. The average Bonchev–Trinajstić information content (AvgIpc) is 3.38. The highest BCUT2D eigenvalue weighted by Gasteiger charge is 2.38. The summed E-state index contributed by atoms with van der Waals surface area (Å²) in [6.45, 7) is 11.4. The summed E-state index contributed by atoms with van der Waals surface area (Å²) in [5, 5.41) is 8.73. The Bertz CT molecular complexity index is 1090. The number of nitrogens with zero attached hydrogens (tertiary/aromatic N) is 6. The predicted molar refractivity (Wildman–Crippen MR) is 130 cm³/mol. The lowest BCUT2D eigenvalue weighted by Crippen LogP contribution is -2.59. The van der Waals surface area contributed by atoms with Crippen molar-refractivity contribution >= 4 is 19.1 Å². The van der Waals surface area contributed by atoms with Crippen molar-refractivity contribution in [3.8, 4) is 11.3 Å². The summed E-state index contributed by atoms with van der Waals surface area (Å²) < 4.78 is 24.2. The van der Waals surface area contributed by atoms with Gasteiger partial charge in [0.15, 0.2) is 0 Å². The van der Waals surface area contributed by atoms with Crippen LogP contribution in [0.2, 0.25) is 25.7 Å². The first-order valence-electron chi connectivity index (χ1n) is 11.9. The van der Waals surface area contributed by atoms with E-state index in [1.165, 1.54) is 0 Å². The van der Waals surface area contributed by atoms with Crippen molar-refractivity contribution in [2.45, 2.75) is 57.1 Å². The maximum absolute atomic E-state index is 14.2. The molecule has 0 radical (unpaired) electrons. The van der Waals surface area contributed by atoms with Gasteiger partial charge in [-0.1, -0.05) is 19.6 Å². The van der Waals surface area contributed by atoms with Crippen molar-refractivity contribution in [3.05, 3.63) is 31.0 Å². The third kappa shape index (κ3) is 4.89. The first-order chi connectivity index (χ1) is 15.9. The van der Waals surface area contributed by atoms with Crippen molar-refractivity contribution in [3.63, 3.8) is 0 Å². The lowest BCUT2D eigenvalue weighted by atomic mass is 9.97. The zero-order valence-electron chi connectivity index (χ0n) is 19.7. The maximum Gasteiger partial charge on any atom is 0.145 e. The van der Waals surface area contributed by atoms with E-state index in [4.69, 9.17) is 4.74 Å². The Balaban J connectivity index is 1.25. The molecule has 0 bridgehead atoms. The van der Waals surface area contributed by atoms with Crippen LogP contribution in [0.15, 0.2) is 31.0 Å². The van der Waals surface area contributed by atoms with Gasteiger partial charge in [0.05, 0.1) is 17.9 Å². The van der Waals surface area contributed by atoms with E-state index in [9.17, 15) is 4.39 Å². The van der Waals surface area contributed by atoms with Crippen LogP contribution in [0.1, 0.15) is 12.5 Å². The molecule has 5 rings (SSSR count). The van der Waals surface area contributed by atoms with Gasteiger partial charge in [0.25, 0.3) is 0 Å². The number of piperidine rings is 1. The lowest BCUT2D eigenvalue weighted by molar-refractivity contribution is 0.00155. The van der Waals surface area contributed by atoms with Crippen molar-refractivity contribution in [1.29, 1.82) is 0 Å². The summed E-state index contributed by atoms with van der Waals surface area (Å²) in [5.41, 5.74) is 2.73. The Morgan fingerprint density at radius 2 is 2.09 bits per heavy atom. The fourth-order valence-electron chi connectivity index (χ4n) is 4.68. The van der Waals surface area contributed by atoms with Crippen molar-refractivity contribution in [1.82, 2.24) is 34.5 Å². The van der Waals surface area contributed by atoms with Crippen LogP contribution in [0, 0.1) is 0 Å². The smallest absolute Gasteiger partial charge is 0.145 e. The van der Waals surface area contributed by atoms with Crippen LogP contribution in [-0.4, -0.2) is 82.3 Å². The van der Waals surface area contributed by atoms with Gasteiger partial charge >= 0.3 is 0 Å². The fourth-order valence-corrected chi connectivity index (χ4v) is 5.44. The molecule has 0 aromatic carbocycles. The monoisotopic (exact) mass is 471 g/mol. The highest BCUT2D eigenvalue weighted by Crippen LogP contribution is 2.30. The molecule has 0 saturated carbocycles. The minimum absolute atomic E-state index is 0.0340. The van der Waals surface area contributed by atoms with Gasteiger partial charge in [0.2, 0.25) is 0 Å². The number of aromatic nitrogens is 5. The van der Waals surface area contributed by atoms with E-state index in [-0.39, 0.29) is 12.1 Å². The molecule has 8 nitrogen and oxygen atoms in total. The summed E-state index contributed by atoms with van der Waals surface area (Å²) >= 11 is 0. The molecule has 178 valence electrons. The topological polar surface area (TPSA) is 73.0 Å². The van der Waals surface area contributed by atoms with Crippen LogP contribution in [0.25, 0.3) is 22.3 Å². The highest BCUT2D eigenvalue weighted by atomic mass is 28.3. The lowest BCUT2D eigenvalue weighted by Gasteiger charge is -2.46. The molecule has 0 spiro atoms. The second-order valence-corrected chi connectivity index (χ2v) is 16.1. The third-order valence-electron chi connectivity index (χ3n) is 6.77. The molecule has 0 amide bonds. The van der Waals surface area contributed by atoms with E-state index in [1.807, 2.05) is 27.7 Å². The highest BCUT2D eigenvalue weighted by molar-refractivity contribution is 6.76. The summed E-state index contributed by atoms with van der Waals surface area (Å²) in [7, 11) is -1.10. The Morgan fingerprint density at radius 1 is 1.24 bits per heavy atom. The second kappa shape index (κ2) is 9.25. The van der Waals surface area contributed by atoms with Gasteiger partial charge in [-0.15, -0.1) is 0 Å². The zero-order chi connectivity index (χ0) is 23.0. The number of rotatable bonds is 8. The summed E-state index contributed by atoms with van der Waals surface area (Å²) in [4.78, 5) is 11.3. The quantitative estimate of drug-likeness (QED) is 0.402. The number of fused-ring (bicyclic) bond motifs is 1. The number of ether oxygens (including phenoxy) is 1. The molecule has 3 aromatic heterocycles. The van der Waals surface area contributed by atoms with Crippen molar-refractivity contribution < 1.29 is 9.13 Å². The van der Waals surface area contributed by atoms with Crippen LogP contribution in [0.3, 0.4) is 0 Å². The van der Waals surface area contributed by atoms with Crippen LogP contribution >= 0.6 is 0 Å². The molecule has 3 aromatic rings. The van der Waals surface area contributed by atoms with Gasteiger partial charge in [-0.25, -0.2) is 14.4 Å². The van der Waals surface area contributed by atoms with E-state index in [1.54, 1.807) is 6.33 Å². The Hall–Kier alpha value is -2.14. The SMILES string of the molecule is C[Si](C)(C)CCOCn1ccc2c(-c3cnn(C4CN([C@@H]5CCNC[C@@H]5F)C4)c3)ncnc21. The zero-order valence-corrected chi connectivity index (χ0v) is 20.7. The maximum atomic E-state index is 14.2. The van der Waals surface area contributed by atoms with Crippen LogP contribution < -0.4 is 5.32 Å². The van der Waals surface area contributed by atoms with Crippen molar-refractivity contribution in [2.75, 3.05) is 32.8 Å². The van der Waals surface area contributed by atoms with Gasteiger partial charge < -0.3 is 14.6 Å². The van der Waals surface area contributed by atoms with E-state index >= 15 is 0 Å². The largest absolute Gasteiger partial charge is 0.361 e. The molecule has 2 fully saturated rings. The molecule has 1 N–H and O–H groups in total. The molecule has 0 unspecified atom stereocenters. The predicted octanol–water partition coefficient (Wildman–Crippen LogP) is 3.16. The molecule has 5 heterocycles. The van der Waals surface area contributed by atoms with E-state index in [0.29, 0.717) is 13.3 Å². The van der Waals surface area contributed by atoms with Gasteiger partial charge in [0, 0.05) is 63.7 Å². The van der Waals surface area contributed by atoms with E-state index in [2.05, 4.69) is 51.1 Å². The summed E-state index contributed by atoms with van der Waals surface area (Å²) in [5.74, 6) is 0. The van der Waals surface area contributed by atoms with Crippen LogP contribution in [0.4, 0.5) is 4.39 Å². The van der Waals surface area contributed by atoms with Crippen molar-refractivity contribution in [2.24, 2.45) is 0 Å². The number of hydrogen-bond acceptors (Lipinski definition) is 6. The number of halogens is 1. The molecular weight excluding hydrogens is 437 g/mol. The Kier molecular flexibility index (Phi) is 6.34. The number of hydrogen-bond donors (Lipinski definition) is 1. The van der Waals surface area contributed by atoms with Gasteiger partial charge in [-0.05, 0) is 25.1 Å². The Labute approximate surface area is 195 Å². The normalized spacial score (nSPS) is 22.7. The molecule has 2 atom stereocenters. The van der Waals surface area contributed by atoms with Crippen LogP contribution in [-0.2, 0) is 11.5 Å². The van der Waals surface area contributed by atoms with Gasteiger partial charge in [-0.2, -0.15) is 5.10 Å². The minimum atomic E-state index is -1.10. The van der Waals surface area contributed by atoms with Gasteiger partial charge in [-0.3, -0.25) is 9.58 Å². The third-order valence-corrected chi connectivity index (χ3v) is 8.47. The molecule has 33 heavy (non-hydrogen) atoms. The summed E-state index contributed by atoms with van der Waals surface area (Å²) in [6.07, 6.45) is 7.63. The van der Waals surface area contributed by atoms with Gasteiger partial charge in [0.1, 0.15) is 24.9 Å². The number of likely N-dealkylation sites (tertiary alicyclic amines) is 1. The van der Waals surface area contributed by atoms with E-state index in [0.717, 1.165) is 61.0 Å². The second-order valence-electron chi connectivity index (χ2n) is 10.5. The Morgan fingerprint density at radius 3 is 2.88 bits per heavy atom. The minimum Gasteiger partial charge on any atom is -0.361 e. The first kappa shape index (κ1) is 22.6. The molecule has 2 aliphatic heterocycles. The number of nitrogens with one attached hydrogen (secondary N) is 1.